The molecule has 0 fully saturated rings. The summed E-state index contributed by atoms with van der Waals surface area (Å²) >= 11 is 0. The molecule has 1 unspecified atom stereocenters. The predicted molar refractivity (Wildman–Crippen MR) is 64.0 cm³/mol. The fourth-order valence-corrected chi connectivity index (χ4v) is 1.65. The average Bonchev–Trinajstić information content (AvgIpc) is 2.24. The molecule has 0 bridgehead atoms. The summed E-state index contributed by atoms with van der Waals surface area (Å²) in [6.45, 7) is 7.44. The normalized spacial score (nSPS) is 12.7. The van der Waals surface area contributed by atoms with Crippen molar-refractivity contribution in [1.29, 1.82) is 0 Å². The summed E-state index contributed by atoms with van der Waals surface area (Å²) in [4.78, 5) is 11.5. The van der Waals surface area contributed by atoms with E-state index in [9.17, 15) is 4.79 Å². The van der Waals surface area contributed by atoms with Gasteiger partial charge in [0.15, 0.2) is 5.78 Å². The van der Waals surface area contributed by atoms with Crippen LogP contribution in [0.1, 0.15) is 59.3 Å². The molecule has 0 aromatic rings. The van der Waals surface area contributed by atoms with Gasteiger partial charge in [-0.15, -0.1) is 0 Å². The molecule has 0 aromatic heterocycles. The van der Waals surface area contributed by atoms with Gasteiger partial charge in [0.25, 0.3) is 0 Å². The number of ether oxygens (including phenoxy) is 1. The Morgan fingerprint density at radius 3 is 2.47 bits per heavy atom. The van der Waals surface area contributed by atoms with Crippen LogP contribution in [0.5, 0.6) is 0 Å². The summed E-state index contributed by atoms with van der Waals surface area (Å²) in [5.41, 5.74) is 0. The third kappa shape index (κ3) is 8.61. The van der Waals surface area contributed by atoms with E-state index in [1.165, 1.54) is 19.3 Å². The lowest BCUT2D eigenvalue weighted by atomic mass is 9.94. The monoisotopic (exact) mass is 214 g/mol. The van der Waals surface area contributed by atoms with Gasteiger partial charge >= 0.3 is 0 Å². The molecule has 0 aromatic carbocycles. The maximum atomic E-state index is 11.5. The van der Waals surface area contributed by atoms with Crippen LogP contribution in [-0.2, 0) is 9.53 Å². The van der Waals surface area contributed by atoms with Crippen LogP contribution in [0.2, 0.25) is 0 Å². The van der Waals surface area contributed by atoms with Crippen molar-refractivity contribution in [2.45, 2.75) is 59.3 Å². The van der Waals surface area contributed by atoms with Crippen LogP contribution in [0.3, 0.4) is 0 Å². The molecule has 2 nitrogen and oxygen atoms in total. The third-order valence-electron chi connectivity index (χ3n) is 2.67. The second-order valence-electron chi connectivity index (χ2n) is 4.21. The largest absolute Gasteiger partial charge is 0.374 e. The molecule has 0 heterocycles. The maximum absolute atomic E-state index is 11.5. The fourth-order valence-electron chi connectivity index (χ4n) is 1.65. The van der Waals surface area contributed by atoms with Crippen molar-refractivity contribution in [3.63, 3.8) is 0 Å². The first-order chi connectivity index (χ1) is 7.24. The van der Waals surface area contributed by atoms with Gasteiger partial charge in [-0.3, -0.25) is 4.79 Å². The highest BCUT2D eigenvalue weighted by molar-refractivity contribution is 5.79. The lowest BCUT2D eigenvalue weighted by molar-refractivity contribution is -0.124. The first-order valence-electron chi connectivity index (χ1n) is 6.33. The van der Waals surface area contributed by atoms with Gasteiger partial charge in [0.1, 0.15) is 6.61 Å². The van der Waals surface area contributed by atoms with E-state index < -0.39 is 0 Å². The summed E-state index contributed by atoms with van der Waals surface area (Å²) in [7, 11) is 0. The first-order valence-corrected chi connectivity index (χ1v) is 6.33. The van der Waals surface area contributed by atoms with E-state index in [1.807, 2.05) is 0 Å². The van der Waals surface area contributed by atoms with Crippen LogP contribution in [0.4, 0.5) is 0 Å². The van der Waals surface area contributed by atoms with Crippen LogP contribution in [0.15, 0.2) is 0 Å². The summed E-state index contributed by atoms with van der Waals surface area (Å²) in [5.74, 6) is 0.842. The van der Waals surface area contributed by atoms with E-state index in [0.29, 0.717) is 25.6 Å². The molecule has 0 rings (SSSR count). The highest BCUT2D eigenvalue weighted by Crippen LogP contribution is 2.16. The molecule has 2 heteroatoms. The average molecular weight is 214 g/mol. The number of carbonyl (C=O) groups excluding carboxylic acids is 1. The van der Waals surface area contributed by atoms with Crippen molar-refractivity contribution in [3.8, 4) is 0 Å². The zero-order valence-corrected chi connectivity index (χ0v) is 10.6. The van der Waals surface area contributed by atoms with E-state index in [4.69, 9.17) is 4.74 Å². The zero-order chi connectivity index (χ0) is 11.5. The Morgan fingerprint density at radius 1 is 1.20 bits per heavy atom. The molecule has 15 heavy (non-hydrogen) atoms. The van der Waals surface area contributed by atoms with Crippen molar-refractivity contribution in [1.82, 2.24) is 0 Å². The van der Waals surface area contributed by atoms with Gasteiger partial charge in [0.2, 0.25) is 0 Å². The fraction of sp³-hybridized carbons (Fsp3) is 0.923. The van der Waals surface area contributed by atoms with Crippen molar-refractivity contribution in [3.05, 3.63) is 0 Å². The molecule has 0 saturated carbocycles. The second-order valence-corrected chi connectivity index (χ2v) is 4.21. The van der Waals surface area contributed by atoms with E-state index >= 15 is 0 Å². The minimum Gasteiger partial charge on any atom is -0.374 e. The number of Topliss-reactive ketones (excluding diaryl/α,β-unsaturated/α-hetero) is 1. The lowest BCUT2D eigenvalue weighted by Crippen LogP contribution is -2.14. The topological polar surface area (TPSA) is 26.3 Å². The number of rotatable bonds is 10. The number of carbonyl (C=O) groups is 1. The van der Waals surface area contributed by atoms with Crippen LogP contribution >= 0.6 is 0 Å². The van der Waals surface area contributed by atoms with Crippen LogP contribution in [-0.4, -0.2) is 19.0 Å². The SMILES string of the molecule is CCCCC(CC)CC(=O)COCCC. The highest BCUT2D eigenvalue weighted by Gasteiger charge is 2.11. The van der Waals surface area contributed by atoms with Crippen molar-refractivity contribution >= 4 is 5.78 Å². The predicted octanol–water partition coefficient (Wildman–Crippen LogP) is 3.59. The van der Waals surface area contributed by atoms with E-state index in [-0.39, 0.29) is 5.78 Å². The standard InChI is InChI=1S/C13H26O2/c1-4-7-8-12(6-3)10-13(14)11-15-9-5-2/h12H,4-11H2,1-3H3. The van der Waals surface area contributed by atoms with Gasteiger partial charge in [-0.05, 0) is 12.3 Å². The van der Waals surface area contributed by atoms with Gasteiger partial charge in [-0.1, -0.05) is 46.5 Å². The Hall–Kier alpha value is -0.370. The Balaban J connectivity index is 3.60. The smallest absolute Gasteiger partial charge is 0.158 e. The number of hydrogen-bond acceptors (Lipinski definition) is 2. The summed E-state index contributed by atoms with van der Waals surface area (Å²) in [6, 6.07) is 0. The summed E-state index contributed by atoms with van der Waals surface area (Å²) in [6.07, 6.45) is 6.45. The number of ketones is 1. The van der Waals surface area contributed by atoms with Crippen LogP contribution in [0, 0.1) is 5.92 Å². The highest BCUT2D eigenvalue weighted by atomic mass is 16.5. The van der Waals surface area contributed by atoms with Crippen LogP contribution in [0.25, 0.3) is 0 Å². The molecular formula is C13H26O2. The Kier molecular flexibility index (Phi) is 9.91. The number of hydrogen-bond donors (Lipinski definition) is 0. The molecular weight excluding hydrogens is 188 g/mol. The van der Waals surface area contributed by atoms with Gasteiger partial charge in [-0.25, -0.2) is 0 Å². The molecule has 0 N–H and O–H groups in total. The second kappa shape index (κ2) is 10.2. The molecule has 0 saturated heterocycles. The quantitative estimate of drug-likeness (QED) is 0.519. The van der Waals surface area contributed by atoms with Gasteiger partial charge < -0.3 is 4.74 Å². The van der Waals surface area contributed by atoms with E-state index in [1.54, 1.807) is 0 Å². The van der Waals surface area contributed by atoms with Crippen molar-refractivity contribution < 1.29 is 9.53 Å². The van der Waals surface area contributed by atoms with Crippen LogP contribution < -0.4 is 0 Å². The number of unbranched alkanes of at least 4 members (excludes halogenated alkanes) is 1. The Morgan fingerprint density at radius 2 is 1.93 bits per heavy atom. The van der Waals surface area contributed by atoms with E-state index in [2.05, 4.69) is 20.8 Å². The molecule has 0 aliphatic rings. The Bertz CT molecular complexity index is 155. The molecule has 1 atom stereocenters. The zero-order valence-electron chi connectivity index (χ0n) is 10.6. The maximum Gasteiger partial charge on any atom is 0.158 e. The van der Waals surface area contributed by atoms with Crippen molar-refractivity contribution in [2.24, 2.45) is 5.92 Å². The minimum absolute atomic E-state index is 0.270. The van der Waals surface area contributed by atoms with Gasteiger partial charge in [0, 0.05) is 13.0 Å². The molecule has 0 aliphatic heterocycles. The molecule has 90 valence electrons. The van der Waals surface area contributed by atoms with Crippen molar-refractivity contribution in [2.75, 3.05) is 13.2 Å². The third-order valence-corrected chi connectivity index (χ3v) is 2.67. The molecule has 0 aliphatic carbocycles. The summed E-state index contributed by atoms with van der Waals surface area (Å²) < 4.78 is 5.24. The lowest BCUT2D eigenvalue weighted by Gasteiger charge is -2.13. The minimum atomic E-state index is 0.270. The first kappa shape index (κ1) is 14.6. The van der Waals surface area contributed by atoms with E-state index in [0.717, 1.165) is 12.8 Å². The van der Waals surface area contributed by atoms with Gasteiger partial charge in [-0.2, -0.15) is 0 Å². The Labute approximate surface area is 94.4 Å². The summed E-state index contributed by atoms with van der Waals surface area (Å²) in [5, 5.41) is 0. The molecule has 0 radical (unpaired) electrons. The molecule has 0 spiro atoms. The van der Waals surface area contributed by atoms with Gasteiger partial charge in [0.05, 0.1) is 0 Å². The molecule has 0 amide bonds.